The van der Waals surface area contributed by atoms with Crippen LogP contribution in [0.25, 0.3) is 11.0 Å². The largest absolute Gasteiger partial charge is 0.345 e. The quantitative estimate of drug-likeness (QED) is 0.778. The molecule has 2 rings (SSSR count). The molecule has 0 aliphatic heterocycles. The molecule has 0 radical (unpaired) electrons. The molecule has 3 nitrogen and oxygen atoms in total. The molecule has 4 heteroatoms. The number of fused-ring (bicyclic) bond motifs is 1. The van der Waals surface area contributed by atoms with Crippen molar-refractivity contribution in [1.29, 1.82) is 0 Å². The van der Waals surface area contributed by atoms with Crippen LogP contribution in [0.4, 0.5) is 0 Å². The van der Waals surface area contributed by atoms with E-state index in [1.165, 1.54) is 0 Å². The topological polar surface area (TPSA) is 54.7 Å². The van der Waals surface area contributed by atoms with Gasteiger partial charge in [-0.25, -0.2) is 4.98 Å². The third kappa shape index (κ3) is 1.13. The number of aromatic amines is 1. The van der Waals surface area contributed by atoms with Crippen LogP contribution in [-0.4, -0.2) is 9.97 Å². The third-order valence-electron chi connectivity index (χ3n) is 1.77. The molecule has 0 atom stereocenters. The zero-order chi connectivity index (χ0) is 8.55. The minimum atomic E-state index is 0.549. The van der Waals surface area contributed by atoms with Gasteiger partial charge in [-0.05, 0) is 33.6 Å². The highest BCUT2D eigenvalue weighted by Crippen LogP contribution is 2.22. The number of halogens is 1. The van der Waals surface area contributed by atoms with E-state index in [0.29, 0.717) is 6.54 Å². The Morgan fingerprint density at radius 2 is 2.33 bits per heavy atom. The van der Waals surface area contributed by atoms with E-state index in [0.717, 1.165) is 21.1 Å². The first kappa shape index (κ1) is 7.76. The molecular weight excluding hydrogens is 218 g/mol. The van der Waals surface area contributed by atoms with Crippen LogP contribution >= 0.6 is 15.9 Å². The van der Waals surface area contributed by atoms with Crippen molar-refractivity contribution >= 4 is 27.0 Å². The first-order valence-electron chi connectivity index (χ1n) is 3.63. The molecule has 0 unspecified atom stereocenters. The van der Waals surface area contributed by atoms with Gasteiger partial charge in [-0.2, -0.15) is 0 Å². The standard InChI is InChI=1S/C8H8BrN3/c9-6-1-5(3-10)2-7-8(6)12-4-11-7/h1-2,4H,3,10H2,(H,11,12). The Kier molecular flexibility index (Phi) is 1.86. The van der Waals surface area contributed by atoms with Crippen molar-refractivity contribution in [2.24, 2.45) is 5.73 Å². The second-order valence-electron chi connectivity index (χ2n) is 2.58. The minimum Gasteiger partial charge on any atom is -0.345 e. The summed E-state index contributed by atoms with van der Waals surface area (Å²) in [6, 6.07) is 4.00. The summed E-state index contributed by atoms with van der Waals surface area (Å²) in [6.07, 6.45) is 1.68. The van der Waals surface area contributed by atoms with Gasteiger partial charge in [-0.1, -0.05) is 0 Å². The molecule has 0 aliphatic carbocycles. The molecule has 1 heterocycles. The molecular formula is C8H8BrN3. The van der Waals surface area contributed by atoms with Crippen LogP contribution < -0.4 is 5.73 Å². The van der Waals surface area contributed by atoms with Gasteiger partial charge in [0.15, 0.2) is 0 Å². The number of H-pyrrole nitrogens is 1. The molecule has 62 valence electrons. The molecule has 3 N–H and O–H groups in total. The monoisotopic (exact) mass is 225 g/mol. The number of nitrogens with one attached hydrogen (secondary N) is 1. The van der Waals surface area contributed by atoms with E-state index >= 15 is 0 Å². The van der Waals surface area contributed by atoms with Gasteiger partial charge in [0.05, 0.1) is 11.8 Å². The van der Waals surface area contributed by atoms with Gasteiger partial charge in [0, 0.05) is 11.0 Å². The molecule has 1 aromatic heterocycles. The fourth-order valence-corrected chi connectivity index (χ4v) is 1.79. The lowest BCUT2D eigenvalue weighted by molar-refractivity contribution is 1.07. The van der Waals surface area contributed by atoms with E-state index in [-0.39, 0.29) is 0 Å². The van der Waals surface area contributed by atoms with Crippen molar-refractivity contribution in [3.05, 3.63) is 28.5 Å². The lowest BCUT2D eigenvalue weighted by atomic mass is 10.2. The van der Waals surface area contributed by atoms with Crippen LogP contribution in [0.5, 0.6) is 0 Å². The minimum absolute atomic E-state index is 0.549. The highest BCUT2D eigenvalue weighted by atomic mass is 79.9. The van der Waals surface area contributed by atoms with Crippen molar-refractivity contribution in [1.82, 2.24) is 9.97 Å². The normalized spacial score (nSPS) is 10.8. The molecule has 0 amide bonds. The molecule has 0 aliphatic rings. The van der Waals surface area contributed by atoms with Crippen LogP contribution in [-0.2, 0) is 6.54 Å². The van der Waals surface area contributed by atoms with Crippen LogP contribution in [0, 0.1) is 0 Å². The maximum atomic E-state index is 5.52. The maximum absolute atomic E-state index is 5.52. The van der Waals surface area contributed by atoms with Gasteiger partial charge >= 0.3 is 0 Å². The molecule has 0 saturated carbocycles. The smallest absolute Gasteiger partial charge is 0.102 e. The van der Waals surface area contributed by atoms with Gasteiger partial charge < -0.3 is 10.7 Å². The average molecular weight is 226 g/mol. The Hall–Kier alpha value is -0.870. The highest BCUT2D eigenvalue weighted by Gasteiger charge is 2.02. The van der Waals surface area contributed by atoms with Gasteiger partial charge in [0.2, 0.25) is 0 Å². The van der Waals surface area contributed by atoms with Gasteiger partial charge in [0.1, 0.15) is 5.52 Å². The predicted octanol–water partition coefficient (Wildman–Crippen LogP) is 1.78. The molecule has 0 spiro atoms. The highest BCUT2D eigenvalue weighted by molar-refractivity contribution is 9.10. The van der Waals surface area contributed by atoms with Crippen LogP contribution in [0.3, 0.4) is 0 Å². The summed E-state index contributed by atoms with van der Waals surface area (Å²) in [7, 11) is 0. The van der Waals surface area contributed by atoms with E-state index in [2.05, 4.69) is 25.9 Å². The lowest BCUT2D eigenvalue weighted by Gasteiger charge is -1.98. The number of imidazole rings is 1. The summed E-state index contributed by atoms with van der Waals surface area (Å²) >= 11 is 3.43. The van der Waals surface area contributed by atoms with Gasteiger partial charge in [-0.15, -0.1) is 0 Å². The number of hydrogen-bond donors (Lipinski definition) is 2. The Balaban J connectivity index is 2.75. The summed E-state index contributed by atoms with van der Waals surface area (Å²) in [5.41, 5.74) is 8.59. The molecule has 2 aromatic rings. The zero-order valence-electron chi connectivity index (χ0n) is 6.34. The molecule has 12 heavy (non-hydrogen) atoms. The van der Waals surface area contributed by atoms with Crippen molar-refractivity contribution < 1.29 is 0 Å². The SMILES string of the molecule is NCc1cc(Br)c2nc[nH]c2c1. The Morgan fingerprint density at radius 3 is 3.08 bits per heavy atom. The number of nitrogens with zero attached hydrogens (tertiary/aromatic N) is 1. The summed E-state index contributed by atoms with van der Waals surface area (Å²) in [6.45, 7) is 0.549. The Bertz CT molecular complexity index is 408. The van der Waals surface area contributed by atoms with E-state index in [1.807, 2.05) is 12.1 Å². The summed E-state index contributed by atoms with van der Waals surface area (Å²) in [5.74, 6) is 0. The molecule has 1 aromatic carbocycles. The van der Waals surface area contributed by atoms with Crippen molar-refractivity contribution in [2.45, 2.75) is 6.54 Å². The average Bonchev–Trinajstić information content (AvgIpc) is 2.52. The van der Waals surface area contributed by atoms with E-state index in [4.69, 9.17) is 5.73 Å². The number of rotatable bonds is 1. The van der Waals surface area contributed by atoms with Crippen molar-refractivity contribution in [2.75, 3.05) is 0 Å². The first-order chi connectivity index (χ1) is 5.81. The van der Waals surface area contributed by atoms with Crippen molar-refractivity contribution in [3.8, 4) is 0 Å². The number of benzene rings is 1. The number of hydrogen-bond acceptors (Lipinski definition) is 2. The molecule has 0 bridgehead atoms. The lowest BCUT2D eigenvalue weighted by Crippen LogP contribution is -1.95. The van der Waals surface area contributed by atoms with E-state index < -0.39 is 0 Å². The van der Waals surface area contributed by atoms with Crippen molar-refractivity contribution in [3.63, 3.8) is 0 Å². The molecule has 0 saturated heterocycles. The van der Waals surface area contributed by atoms with Crippen LogP contribution in [0.2, 0.25) is 0 Å². The number of nitrogens with two attached hydrogens (primary N) is 1. The summed E-state index contributed by atoms with van der Waals surface area (Å²) in [4.78, 5) is 7.19. The first-order valence-corrected chi connectivity index (χ1v) is 4.42. The second-order valence-corrected chi connectivity index (χ2v) is 3.43. The van der Waals surface area contributed by atoms with Crippen LogP contribution in [0.15, 0.2) is 22.9 Å². The van der Waals surface area contributed by atoms with Gasteiger partial charge in [0.25, 0.3) is 0 Å². The summed E-state index contributed by atoms with van der Waals surface area (Å²) < 4.78 is 0.988. The van der Waals surface area contributed by atoms with E-state index in [9.17, 15) is 0 Å². The fourth-order valence-electron chi connectivity index (χ4n) is 1.18. The predicted molar refractivity (Wildman–Crippen MR) is 51.7 cm³/mol. The summed E-state index contributed by atoms with van der Waals surface area (Å²) in [5, 5.41) is 0. The van der Waals surface area contributed by atoms with E-state index in [1.54, 1.807) is 6.33 Å². The zero-order valence-corrected chi connectivity index (χ0v) is 7.93. The van der Waals surface area contributed by atoms with Crippen LogP contribution in [0.1, 0.15) is 5.56 Å². The Labute approximate surface area is 78.1 Å². The number of aromatic nitrogens is 2. The third-order valence-corrected chi connectivity index (χ3v) is 2.38. The second kappa shape index (κ2) is 2.88. The van der Waals surface area contributed by atoms with Gasteiger partial charge in [-0.3, -0.25) is 0 Å². The Morgan fingerprint density at radius 1 is 1.50 bits per heavy atom. The fraction of sp³-hybridized carbons (Fsp3) is 0.125. The molecule has 0 fully saturated rings. The maximum Gasteiger partial charge on any atom is 0.102 e.